The second-order valence-corrected chi connectivity index (χ2v) is 11.4. The number of aliphatic hydroxyl groups excluding tert-OH is 1. The number of esters is 2. The van der Waals surface area contributed by atoms with Crippen molar-refractivity contribution in [3.8, 4) is 11.5 Å². The van der Waals surface area contributed by atoms with Crippen molar-refractivity contribution in [3.63, 3.8) is 0 Å². The molecule has 0 amide bonds. The number of likely N-dealkylation sites (N-methyl/N-ethyl adjacent to an activating group) is 2. The number of aromatic hydroxyl groups is 1. The normalized spacial score (nSPS) is 19.4. The smallest absolute Gasteiger partial charge is 0.324 e. The van der Waals surface area contributed by atoms with E-state index in [1.807, 2.05) is 6.07 Å². The number of benzene rings is 1. The molecule has 0 aromatic heterocycles. The van der Waals surface area contributed by atoms with Gasteiger partial charge in [0.05, 0.1) is 12.7 Å². The molecule has 5 N–H and O–H groups in total. The fourth-order valence-electron chi connectivity index (χ4n) is 6.09. The van der Waals surface area contributed by atoms with Gasteiger partial charge in [0.1, 0.15) is 18.2 Å². The number of rotatable bonds is 15. The highest BCUT2D eigenvalue weighted by Crippen LogP contribution is 2.44. The Labute approximate surface area is 238 Å². The molecule has 226 valence electrons. The maximum absolute atomic E-state index is 13.5. The number of piperidine rings is 1. The van der Waals surface area contributed by atoms with E-state index in [1.165, 1.54) is 6.92 Å². The molecule has 10 heteroatoms. The number of carbonyl (C=O) groups excluding carboxylic acids is 2. The number of aliphatic hydroxyl groups is 1. The van der Waals surface area contributed by atoms with Crippen molar-refractivity contribution in [2.24, 2.45) is 5.41 Å². The third kappa shape index (κ3) is 8.80. The molecule has 0 spiro atoms. The van der Waals surface area contributed by atoms with Crippen LogP contribution in [0.3, 0.4) is 0 Å². The van der Waals surface area contributed by atoms with Crippen LogP contribution in [0.4, 0.5) is 0 Å². The van der Waals surface area contributed by atoms with E-state index >= 15 is 0 Å². The first-order valence-corrected chi connectivity index (χ1v) is 14.7. The highest BCUT2D eigenvalue weighted by atomic mass is 16.6. The molecule has 40 heavy (non-hydrogen) atoms. The molecule has 1 aromatic rings. The monoisotopic (exact) mass is 563 g/mol. The first-order chi connectivity index (χ1) is 19.2. The summed E-state index contributed by atoms with van der Waals surface area (Å²) in [5.74, 6) is -0.0137. The Kier molecular flexibility index (Phi) is 12.5. The molecular weight excluding hydrogens is 514 g/mol. The molecule has 2 aliphatic rings. The standard InChI is InChI=1S/C30H49N3O7/c1-20(34)7-5-8-23(39-21(2)35)17-27(40-29(37)25(32-4)19-31-3)30(12-14-33-15-13-30)18-22-10-11-26(36)28-24(22)9-6-16-38-28/h10-11,20,23,25,27,31-34,36H,5-9,12-19H2,1-4H3. The molecule has 1 saturated heterocycles. The van der Waals surface area contributed by atoms with Gasteiger partial charge in [-0.2, -0.15) is 0 Å². The third-order valence-corrected chi connectivity index (χ3v) is 8.24. The Morgan fingerprint density at radius 1 is 1.18 bits per heavy atom. The minimum Gasteiger partial charge on any atom is -0.504 e. The number of phenolic OH excluding ortho intramolecular Hbond substituents is 1. The van der Waals surface area contributed by atoms with Crippen LogP contribution < -0.4 is 20.7 Å². The first-order valence-electron chi connectivity index (χ1n) is 14.7. The highest BCUT2D eigenvalue weighted by molar-refractivity contribution is 5.76. The van der Waals surface area contributed by atoms with Crippen LogP contribution in [0.5, 0.6) is 11.5 Å². The number of hydrogen-bond acceptors (Lipinski definition) is 10. The SMILES string of the molecule is CNCC(NC)C(=O)OC(CC(CCCC(C)O)OC(C)=O)C1(Cc2ccc(O)c3c2CCCO3)CCNCC1. The van der Waals surface area contributed by atoms with Gasteiger partial charge in [0.2, 0.25) is 0 Å². The molecule has 0 saturated carbocycles. The van der Waals surface area contributed by atoms with E-state index in [2.05, 4.69) is 16.0 Å². The highest BCUT2D eigenvalue weighted by Gasteiger charge is 2.45. The van der Waals surface area contributed by atoms with Gasteiger partial charge in [0.15, 0.2) is 11.5 Å². The van der Waals surface area contributed by atoms with Crippen molar-refractivity contribution < 1.29 is 34.0 Å². The Hall–Kier alpha value is -2.40. The summed E-state index contributed by atoms with van der Waals surface area (Å²) in [4.78, 5) is 25.6. The van der Waals surface area contributed by atoms with Crippen LogP contribution in [-0.4, -0.2) is 86.8 Å². The molecule has 3 rings (SSSR count). The van der Waals surface area contributed by atoms with E-state index in [9.17, 15) is 19.8 Å². The molecular formula is C30H49N3O7. The minimum atomic E-state index is -0.525. The average Bonchev–Trinajstić information content (AvgIpc) is 2.93. The molecule has 10 nitrogen and oxygen atoms in total. The quantitative estimate of drug-likeness (QED) is 0.202. The minimum absolute atomic E-state index is 0.151. The summed E-state index contributed by atoms with van der Waals surface area (Å²) in [7, 11) is 3.53. The zero-order valence-corrected chi connectivity index (χ0v) is 24.6. The van der Waals surface area contributed by atoms with E-state index in [-0.39, 0.29) is 17.7 Å². The van der Waals surface area contributed by atoms with Gasteiger partial charge in [0, 0.05) is 30.9 Å². The lowest BCUT2D eigenvalue weighted by atomic mass is 9.67. The lowest BCUT2D eigenvalue weighted by molar-refractivity contribution is -0.166. The molecule has 0 radical (unpaired) electrons. The van der Waals surface area contributed by atoms with Crippen molar-refractivity contribution in [1.82, 2.24) is 16.0 Å². The Balaban J connectivity index is 1.99. The summed E-state index contributed by atoms with van der Waals surface area (Å²) in [6, 6.07) is 3.13. The molecule has 0 bridgehead atoms. The van der Waals surface area contributed by atoms with Gasteiger partial charge in [-0.3, -0.25) is 9.59 Å². The zero-order chi connectivity index (χ0) is 29.1. The van der Waals surface area contributed by atoms with E-state index in [1.54, 1.807) is 27.1 Å². The summed E-state index contributed by atoms with van der Waals surface area (Å²) < 4.78 is 18.0. The molecule has 4 atom stereocenters. The second kappa shape index (κ2) is 15.6. The van der Waals surface area contributed by atoms with Crippen LogP contribution in [-0.2, 0) is 31.9 Å². The van der Waals surface area contributed by atoms with Gasteiger partial charge in [-0.15, -0.1) is 0 Å². The Morgan fingerprint density at radius 2 is 1.93 bits per heavy atom. The number of nitrogens with one attached hydrogen (secondary N) is 3. The molecule has 2 aliphatic heterocycles. The number of carbonyl (C=O) groups is 2. The summed E-state index contributed by atoms with van der Waals surface area (Å²) >= 11 is 0. The van der Waals surface area contributed by atoms with Crippen molar-refractivity contribution in [2.75, 3.05) is 40.3 Å². The van der Waals surface area contributed by atoms with Gasteiger partial charge < -0.3 is 40.4 Å². The summed E-state index contributed by atoms with van der Waals surface area (Å²) in [6.45, 7) is 5.69. The van der Waals surface area contributed by atoms with Gasteiger partial charge in [-0.25, -0.2) is 0 Å². The number of phenols is 1. The molecule has 4 unspecified atom stereocenters. The molecule has 1 aromatic carbocycles. The summed E-state index contributed by atoms with van der Waals surface area (Å²) in [6.07, 6.45) is 4.72. The Bertz CT molecular complexity index is 965. The number of fused-ring (bicyclic) bond motifs is 1. The van der Waals surface area contributed by atoms with Crippen molar-refractivity contribution in [3.05, 3.63) is 23.3 Å². The maximum Gasteiger partial charge on any atom is 0.324 e. The van der Waals surface area contributed by atoms with Crippen LogP contribution in [0.25, 0.3) is 0 Å². The molecule has 0 aliphatic carbocycles. The van der Waals surface area contributed by atoms with Crippen molar-refractivity contribution >= 4 is 11.9 Å². The summed E-state index contributed by atoms with van der Waals surface area (Å²) in [5, 5.41) is 29.8. The zero-order valence-electron chi connectivity index (χ0n) is 24.6. The van der Waals surface area contributed by atoms with Crippen LogP contribution in [0.2, 0.25) is 0 Å². The van der Waals surface area contributed by atoms with Crippen molar-refractivity contribution in [2.45, 2.75) is 96.0 Å². The van der Waals surface area contributed by atoms with E-state index < -0.39 is 29.8 Å². The molecule has 2 heterocycles. The lowest BCUT2D eigenvalue weighted by Crippen LogP contribution is -2.52. The van der Waals surface area contributed by atoms with Crippen LogP contribution in [0.1, 0.15) is 69.9 Å². The number of ether oxygens (including phenoxy) is 3. The van der Waals surface area contributed by atoms with E-state index in [0.29, 0.717) is 51.0 Å². The fraction of sp³-hybridized carbons (Fsp3) is 0.733. The largest absolute Gasteiger partial charge is 0.504 e. The first kappa shape index (κ1) is 32.1. The van der Waals surface area contributed by atoms with Crippen molar-refractivity contribution in [1.29, 1.82) is 0 Å². The lowest BCUT2D eigenvalue weighted by Gasteiger charge is -2.45. The van der Waals surface area contributed by atoms with Gasteiger partial charge >= 0.3 is 11.9 Å². The topological polar surface area (TPSA) is 138 Å². The fourth-order valence-corrected chi connectivity index (χ4v) is 6.09. The Morgan fingerprint density at radius 3 is 2.58 bits per heavy atom. The van der Waals surface area contributed by atoms with Crippen LogP contribution >= 0.6 is 0 Å². The van der Waals surface area contributed by atoms with Gasteiger partial charge in [-0.1, -0.05) is 6.07 Å². The summed E-state index contributed by atoms with van der Waals surface area (Å²) in [5.41, 5.74) is 1.70. The number of hydrogen-bond donors (Lipinski definition) is 5. The second-order valence-electron chi connectivity index (χ2n) is 11.4. The van der Waals surface area contributed by atoms with Gasteiger partial charge in [-0.05, 0) is 97.1 Å². The third-order valence-electron chi connectivity index (χ3n) is 8.24. The predicted octanol–water partition coefficient (Wildman–Crippen LogP) is 2.22. The average molecular weight is 564 g/mol. The maximum atomic E-state index is 13.5. The van der Waals surface area contributed by atoms with E-state index in [4.69, 9.17) is 14.2 Å². The predicted molar refractivity (Wildman–Crippen MR) is 153 cm³/mol. The van der Waals surface area contributed by atoms with Crippen LogP contribution in [0, 0.1) is 5.41 Å². The van der Waals surface area contributed by atoms with Gasteiger partial charge in [0.25, 0.3) is 0 Å². The van der Waals surface area contributed by atoms with E-state index in [0.717, 1.165) is 49.9 Å². The van der Waals surface area contributed by atoms with Crippen LogP contribution in [0.15, 0.2) is 12.1 Å². The molecule has 1 fully saturated rings.